The minimum absolute atomic E-state index is 0.217. The first-order valence-electron chi connectivity index (χ1n) is 4.68. The highest BCUT2D eigenvalue weighted by molar-refractivity contribution is 9.10. The van der Waals surface area contributed by atoms with E-state index in [1.807, 2.05) is 0 Å². The van der Waals surface area contributed by atoms with Crippen LogP contribution in [0.25, 0.3) is 0 Å². The Kier molecular flexibility index (Phi) is 3.86. The molecule has 0 aliphatic carbocycles. The van der Waals surface area contributed by atoms with Gasteiger partial charge in [0.2, 0.25) is 0 Å². The molecular weight excluding hydrogens is 350 g/mol. The molecule has 1 amide bonds. The fourth-order valence-corrected chi connectivity index (χ4v) is 1.92. The van der Waals surface area contributed by atoms with Crippen molar-refractivity contribution in [3.05, 3.63) is 51.4 Å². The van der Waals surface area contributed by atoms with Crippen molar-refractivity contribution in [1.82, 2.24) is 9.97 Å². The third-order valence-corrected chi connectivity index (χ3v) is 3.05. The summed E-state index contributed by atoms with van der Waals surface area (Å²) < 4.78 is 1.50. The van der Waals surface area contributed by atoms with Gasteiger partial charge in [-0.25, -0.2) is 0 Å². The first-order chi connectivity index (χ1) is 8.16. The Morgan fingerprint density at radius 1 is 1.18 bits per heavy atom. The second-order valence-electron chi connectivity index (χ2n) is 3.20. The highest BCUT2D eigenvalue weighted by Crippen LogP contribution is 2.21. The maximum absolute atomic E-state index is 11.9. The predicted octanol–water partition coefficient (Wildman–Crippen LogP) is 3.25. The number of aromatic nitrogens is 2. The zero-order valence-electron chi connectivity index (χ0n) is 8.52. The summed E-state index contributed by atoms with van der Waals surface area (Å²) in [4.78, 5) is 19.8. The molecule has 2 aromatic heterocycles. The monoisotopic (exact) mass is 355 g/mol. The Hall–Kier alpha value is -1.27. The maximum Gasteiger partial charge on any atom is 0.257 e. The molecule has 0 aliphatic rings. The summed E-state index contributed by atoms with van der Waals surface area (Å²) in [6.45, 7) is 0. The lowest BCUT2D eigenvalue weighted by Gasteiger charge is -2.06. The van der Waals surface area contributed by atoms with Gasteiger partial charge in [-0.05, 0) is 44.0 Å². The van der Waals surface area contributed by atoms with Gasteiger partial charge in [-0.15, -0.1) is 0 Å². The average Bonchev–Trinajstić information content (AvgIpc) is 2.32. The van der Waals surface area contributed by atoms with E-state index in [0.29, 0.717) is 11.3 Å². The van der Waals surface area contributed by atoms with Gasteiger partial charge in [0, 0.05) is 29.3 Å². The number of nitrogens with one attached hydrogen (secondary N) is 1. The van der Waals surface area contributed by atoms with Crippen molar-refractivity contribution >= 4 is 43.5 Å². The normalized spacial score (nSPS) is 10.0. The van der Waals surface area contributed by atoms with Crippen LogP contribution < -0.4 is 5.32 Å². The number of hydrogen-bond donors (Lipinski definition) is 1. The number of carbonyl (C=O) groups is 1. The molecule has 2 aromatic rings. The Morgan fingerprint density at radius 2 is 2.00 bits per heavy atom. The van der Waals surface area contributed by atoms with E-state index in [-0.39, 0.29) is 5.91 Å². The summed E-state index contributed by atoms with van der Waals surface area (Å²) >= 11 is 6.58. The first-order valence-corrected chi connectivity index (χ1v) is 6.27. The molecule has 0 radical (unpaired) electrons. The molecular formula is C11H7Br2N3O. The minimum atomic E-state index is -0.217. The van der Waals surface area contributed by atoms with Crippen LogP contribution in [-0.4, -0.2) is 15.9 Å². The molecule has 2 rings (SSSR count). The second kappa shape index (κ2) is 5.37. The molecule has 6 heteroatoms. The van der Waals surface area contributed by atoms with Gasteiger partial charge in [-0.2, -0.15) is 0 Å². The van der Waals surface area contributed by atoms with Gasteiger partial charge in [0.25, 0.3) is 5.91 Å². The number of anilines is 1. The third-order valence-electron chi connectivity index (χ3n) is 1.99. The highest BCUT2D eigenvalue weighted by atomic mass is 79.9. The van der Waals surface area contributed by atoms with E-state index in [4.69, 9.17) is 0 Å². The molecule has 0 bridgehead atoms. The smallest absolute Gasteiger partial charge is 0.257 e. The fraction of sp³-hybridized carbons (Fsp3) is 0. The molecule has 1 N–H and O–H groups in total. The molecule has 0 aromatic carbocycles. The number of halogens is 2. The van der Waals surface area contributed by atoms with Crippen LogP contribution in [0.15, 0.2) is 45.9 Å². The van der Waals surface area contributed by atoms with Crippen molar-refractivity contribution in [1.29, 1.82) is 0 Å². The summed E-state index contributed by atoms with van der Waals surface area (Å²) in [5.74, 6) is -0.217. The van der Waals surface area contributed by atoms with Gasteiger partial charge in [-0.3, -0.25) is 14.8 Å². The van der Waals surface area contributed by atoms with Crippen LogP contribution in [0.4, 0.5) is 5.69 Å². The zero-order valence-corrected chi connectivity index (χ0v) is 11.7. The SMILES string of the molecule is O=C(Nc1ccncc1Br)c1cncc(Br)c1. The zero-order chi connectivity index (χ0) is 12.3. The van der Waals surface area contributed by atoms with E-state index in [1.54, 1.807) is 30.7 Å². The van der Waals surface area contributed by atoms with Crippen LogP contribution in [-0.2, 0) is 0 Å². The minimum Gasteiger partial charge on any atom is -0.321 e. The number of amides is 1. The van der Waals surface area contributed by atoms with Crippen LogP contribution in [0.5, 0.6) is 0 Å². The van der Waals surface area contributed by atoms with Crippen LogP contribution in [0.3, 0.4) is 0 Å². The second-order valence-corrected chi connectivity index (χ2v) is 4.97. The Balaban J connectivity index is 2.20. The molecule has 0 aliphatic heterocycles. The quantitative estimate of drug-likeness (QED) is 0.898. The molecule has 0 spiro atoms. The van der Waals surface area contributed by atoms with Crippen LogP contribution >= 0.6 is 31.9 Å². The van der Waals surface area contributed by atoms with E-state index in [0.717, 1.165) is 8.95 Å². The van der Waals surface area contributed by atoms with Gasteiger partial charge in [0.15, 0.2) is 0 Å². The molecule has 0 saturated heterocycles. The van der Waals surface area contributed by atoms with Crippen molar-refractivity contribution in [3.63, 3.8) is 0 Å². The van der Waals surface area contributed by atoms with Crippen LogP contribution in [0.2, 0.25) is 0 Å². The van der Waals surface area contributed by atoms with Crippen molar-refractivity contribution in [2.24, 2.45) is 0 Å². The van der Waals surface area contributed by atoms with Crippen molar-refractivity contribution in [2.75, 3.05) is 5.32 Å². The summed E-state index contributed by atoms with van der Waals surface area (Å²) in [7, 11) is 0. The fourth-order valence-electron chi connectivity index (χ4n) is 1.21. The van der Waals surface area contributed by atoms with E-state index >= 15 is 0 Å². The summed E-state index contributed by atoms with van der Waals surface area (Å²) in [6.07, 6.45) is 6.36. The third kappa shape index (κ3) is 3.10. The molecule has 0 fully saturated rings. The Labute approximate surface area is 115 Å². The number of pyridine rings is 2. The summed E-state index contributed by atoms with van der Waals surface area (Å²) in [6, 6.07) is 3.42. The number of rotatable bonds is 2. The van der Waals surface area contributed by atoms with Crippen molar-refractivity contribution in [2.45, 2.75) is 0 Å². The molecule has 0 unspecified atom stereocenters. The lowest BCUT2D eigenvalue weighted by Crippen LogP contribution is -2.12. The predicted molar refractivity (Wildman–Crippen MR) is 71.8 cm³/mol. The molecule has 0 saturated carbocycles. The average molecular weight is 357 g/mol. The van der Waals surface area contributed by atoms with E-state index in [9.17, 15) is 4.79 Å². The van der Waals surface area contributed by atoms with Gasteiger partial charge < -0.3 is 5.32 Å². The molecule has 0 atom stereocenters. The summed E-state index contributed by atoms with van der Waals surface area (Å²) in [5, 5.41) is 2.77. The largest absolute Gasteiger partial charge is 0.321 e. The van der Waals surface area contributed by atoms with E-state index in [2.05, 4.69) is 47.1 Å². The van der Waals surface area contributed by atoms with E-state index < -0.39 is 0 Å². The topological polar surface area (TPSA) is 54.9 Å². The standard InChI is InChI=1S/C11H7Br2N3O/c12-8-3-7(4-15-5-8)11(17)16-10-1-2-14-6-9(10)13/h1-6H,(H,14,16,17). The van der Waals surface area contributed by atoms with Gasteiger partial charge in [0.05, 0.1) is 15.7 Å². The van der Waals surface area contributed by atoms with Crippen molar-refractivity contribution < 1.29 is 4.79 Å². The number of carbonyl (C=O) groups excluding carboxylic acids is 1. The first kappa shape index (κ1) is 12.2. The summed E-state index contributed by atoms with van der Waals surface area (Å²) in [5.41, 5.74) is 1.16. The maximum atomic E-state index is 11.9. The van der Waals surface area contributed by atoms with E-state index in [1.165, 1.54) is 6.20 Å². The number of nitrogens with zero attached hydrogens (tertiary/aromatic N) is 2. The molecule has 2 heterocycles. The lowest BCUT2D eigenvalue weighted by molar-refractivity contribution is 0.102. The van der Waals surface area contributed by atoms with Crippen molar-refractivity contribution in [3.8, 4) is 0 Å². The molecule has 17 heavy (non-hydrogen) atoms. The Bertz CT molecular complexity index is 560. The van der Waals surface area contributed by atoms with Gasteiger partial charge in [0.1, 0.15) is 0 Å². The molecule has 86 valence electrons. The van der Waals surface area contributed by atoms with Gasteiger partial charge in [-0.1, -0.05) is 0 Å². The van der Waals surface area contributed by atoms with Crippen LogP contribution in [0, 0.1) is 0 Å². The molecule has 4 nitrogen and oxygen atoms in total. The highest BCUT2D eigenvalue weighted by Gasteiger charge is 2.08. The van der Waals surface area contributed by atoms with Gasteiger partial charge >= 0.3 is 0 Å². The Morgan fingerprint density at radius 3 is 2.71 bits per heavy atom. The lowest BCUT2D eigenvalue weighted by atomic mass is 10.2. The number of hydrogen-bond acceptors (Lipinski definition) is 3. The van der Waals surface area contributed by atoms with Crippen LogP contribution in [0.1, 0.15) is 10.4 Å².